The third-order valence-electron chi connectivity index (χ3n) is 6.32. The van der Waals surface area contributed by atoms with Crippen LogP contribution < -0.4 is 4.74 Å². The lowest BCUT2D eigenvalue weighted by Gasteiger charge is -2.27. The predicted molar refractivity (Wildman–Crippen MR) is 111 cm³/mol. The molecule has 1 aromatic carbocycles. The van der Waals surface area contributed by atoms with Crippen molar-refractivity contribution in [3.63, 3.8) is 0 Å². The molecule has 6 nitrogen and oxygen atoms in total. The second kappa shape index (κ2) is 8.98. The number of H-pyrrole nitrogens is 1. The number of nitrogens with one attached hydrogen (secondary N) is 1. The highest BCUT2D eigenvalue weighted by atomic mass is 19.1. The van der Waals surface area contributed by atoms with Crippen LogP contribution >= 0.6 is 0 Å². The SMILES string of the molecule is COc1ccc2[nH]c(C(CC(=O)c3conc3C)C3CCCCCCC3)nc2c1F. The van der Waals surface area contributed by atoms with Gasteiger partial charge in [-0.15, -0.1) is 0 Å². The quantitative estimate of drug-likeness (QED) is 0.522. The van der Waals surface area contributed by atoms with E-state index in [4.69, 9.17) is 9.26 Å². The Bertz CT molecular complexity index is 1020. The van der Waals surface area contributed by atoms with E-state index in [9.17, 15) is 9.18 Å². The minimum Gasteiger partial charge on any atom is -0.494 e. The van der Waals surface area contributed by atoms with Crippen molar-refractivity contribution in [1.82, 2.24) is 15.1 Å². The number of carbonyl (C=O) groups excluding carboxylic acids is 1. The van der Waals surface area contributed by atoms with E-state index in [2.05, 4.69) is 15.1 Å². The Morgan fingerprint density at radius 3 is 2.67 bits per heavy atom. The Morgan fingerprint density at radius 2 is 2.00 bits per heavy atom. The standard InChI is InChI=1S/C23H28FN3O3/c1-14-17(13-30-27-14)19(28)12-16(15-8-6-4-3-5-7-9-15)23-25-18-10-11-20(29-2)21(24)22(18)26-23/h10-11,13,15-16H,3-9,12H2,1-2H3,(H,25,26). The maximum Gasteiger partial charge on any atom is 0.192 e. The molecule has 2 aromatic heterocycles. The van der Waals surface area contributed by atoms with Crippen molar-refractivity contribution in [2.75, 3.05) is 7.11 Å². The van der Waals surface area contributed by atoms with Gasteiger partial charge in [-0.2, -0.15) is 0 Å². The summed E-state index contributed by atoms with van der Waals surface area (Å²) in [5.41, 5.74) is 1.98. The summed E-state index contributed by atoms with van der Waals surface area (Å²) in [6, 6.07) is 3.37. The van der Waals surface area contributed by atoms with Crippen LogP contribution in [0.15, 0.2) is 22.9 Å². The number of fused-ring (bicyclic) bond motifs is 1. The van der Waals surface area contributed by atoms with Crippen molar-refractivity contribution in [2.24, 2.45) is 5.92 Å². The van der Waals surface area contributed by atoms with Crippen LogP contribution in [-0.2, 0) is 0 Å². The number of rotatable bonds is 6. The molecule has 0 aliphatic heterocycles. The average Bonchev–Trinajstić information content (AvgIpc) is 3.33. The molecular formula is C23H28FN3O3. The monoisotopic (exact) mass is 413 g/mol. The Labute approximate surface area is 175 Å². The molecule has 0 saturated heterocycles. The van der Waals surface area contributed by atoms with E-state index in [0.717, 1.165) is 25.7 Å². The number of hydrogen-bond donors (Lipinski definition) is 1. The first-order chi connectivity index (χ1) is 14.6. The van der Waals surface area contributed by atoms with Gasteiger partial charge in [0.05, 0.1) is 23.9 Å². The number of aromatic nitrogens is 3. The first-order valence-corrected chi connectivity index (χ1v) is 10.7. The van der Waals surface area contributed by atoms with Crippen LogP contribution in [0, 0.1) is 18.7 Å². The van der Waals surface area contributed by atoms with Gasteiger partial charge in [0, 0.05) is 12.3 Å². The molecule has 0 radical (unpaired) electrons. The molecule has 0 amide bonds. The highest BCUT2D eigenvalue weighted by Gasteiger charge is 2.30. The highest BCUT2D eigenvalue weighted by molar-refractivity contribution is 5.97. The Balaban J connectivity index is 1.70. The molecule has 1 N–H and O–H groups in total. The van der Waals surface area contributed by atoms with E-state index in [-0.39, 0.29) is 23.0 Å². The van der Waals surface area contributed by atoms with Crippen LogP contribution in [-0.4, -0.2) is 28.0 Å². The highest BCUT2D eigenvalue weighted by Crippen LogP contribution is 2.38. The van der Waals surface area contributed by atoms with Crippen LogP contribution in [0.1, 0.15) is 79.2 Å². The van der Waals surface area contributed by atoms with Crippen LogP contribution in [0.4, 0.5) is 4.39 Å². The van der Waals surface area contributed by atoms with Crippen LogP contribution in [0.25, 0.3) is 11.0 Å². The van der Waals surface area contributed by atoms with Crippen LogP contribution in [0.3, 0.4) is 0 Å². The molecular weight excluding hydrogens is 385 g/mol. The molecule has 3 aromatic rings. The number of halogens is 1. The summed E-state index contributed by atoms with van der Waals surface area (Å²) in [7, 11) is 1.44. The number of methoxy groups -OCH3 is 1. The largest absolute Gasteiger partial charge is 0.494 e. The lowest BCUT2D eigenvalue weighted by atomic mass is 9.78. The zero-order chi connectivity index (χ0) is 21.1. The number of aromatic amines is 1. The number of imidazole rings is 1. The van der Waals surface area contributed by atoms with Gasteiger partial charge in [-0.25, -0.2) is 9.37 Å². The fraction of sp³-hybridized carbons (Fsp3) is 0.522. The van der Waals surface area contributed by atoms with Crippen LogP contribution in [0.2, 0.25) is 0 Å². The summed E-state index contributed by atoms with van der Waals surface area (Å²) in [6.45, 7) is 1.77. The molecule has 160 valence electrons. The summed E-state index contributed by atoms with van der Waals surface area (Å²) < 4.78 is 24.8. The fourth-order valence-corrected chi connectivity index (χ4v) is 4.62. The van der Waals surface area contributed by atoms with Crippen LogP contribution in [0.5, 0.6) is 5.75 Å². The maximum absolute atomic E-state index is 14.8. The normalized spacial score (nSPS) is 16.9. The van der Waals surface area contributed by atoms with E-state index in [0.29, 0.717) is 34.9 Å². The van der Waals surface area contributed by atoms with E-state index in [1.54, 1.807) is 19.1 Å². The average molecular weight is 413 g/mol. The molecule has 30 heavy (non-hydrogen) atoms. The first kappa shape index (κ1) is 20.6. The molecule has 1 aliphatic carbocycles. The zero-order valence-corrected chi connectivity index (χ0v) is 17.5. The molecule has 0 bridgehead atoms. The molecule has 1 fully saturated rings. The topological polar surface area (TPSA) is 81.0 Å². The molecule has 4 rings (SSSR count). The molecule has 2 heterocycles. The lowest BCUT2D eigenvalue weighted by molar-refractivity contribution is 0.0956. The second-order valence-electron chi connectivity index (χ2n) is 8.25. The van der Waals surface area contributed by atoms with Gasteiger partial charge in [0.15, 0.2) is 17.3 Å². The molecule has 1 saturated carbocycles. The minimum atomic E-state index is -0.477. The predicted octanol–water partition coefficient (Wildman–Crippen LogP) is 5.72. The summed E-state index contributed by atoms with van der Waals surface area (Å²) in [6.07, 6.45) is 9.79. The number of carbonyl (C=O) groups is 1. The van der Waals surface area contributed by atoms with Gasteiger partial charge < -0.3 is 14.2 Å². The summed E-state index contributed by atoms with van der Waals surface area (Å²) in [5.74, 6) is 0.557. The van der Waals surface area contributed by atoms with Gasteiger partial charge in [0.1, 0.15) is 17.6 Å². The Hall–Kier alpha value is -2.70. The van der Waals surface area contributed by atoms with Crippen molar-refractivity contribution in [2.45, 2.75) is 64.2 Å². The molecule has 1 unspecified atom stereocenters. The molecule has 1 atom stereocenters. The first-order valence-electron chi connectivity index (χ1n) is 10.7. The number of benzene rings is 1. The summed E-state index contributed by atoms with van der Waals surface area (Å²) >= 11 is 0. The third kappa shape index (κ3) is 4.11. The number of nitrogens with zero attached hydrogens (tertiary/aromatic N) is 2. The van der Waals surface area contributed by atoms with E-state index >= 15 is 0 Å². The summed E-state index contributed by atoms with van der Waals surface area (Å²) in [4.78, 5) is 20.9. The lowest BCUT2D eigenvalue weighted by Crippen LogP contribution is -2.20. The number of Topliss-reactive ketones (excluding diaryl/α,β-unsaturated/α-hetero) is 1. The van der Waals surface area contributed by atoms with Crippen molar-refractivity contribution < 1.29 is 18.4 Å². The van der Waals surface area contributed by atoms with Gasteiger partial charge in [-0.1, -0.05) is 37.3 Å². The smallest absolute Gasteiger partial charge is 0.192 e. The van der Waals surface area contributed by atoms with Gasteiger partial charge in [-0.05, 0) is 37.8 Å². The number of aryl methyl sites for hydroxylation is 1. The third-order valence-corrected chi connectivity index (χ3v) is 6.32. The maximum atomic E-state index is 14.8. The molecule has 1 aliphatic rings. The van der Waals surface area contributed by atoms with Gasteiger partial charge in [0.25, 0.3) is 0 Å². The Morgan fingerprint density at radius 1 is 1.27 bits per heavy atom. The second-order valence-corrected chi connectivity index (χ2v) is 8.25. The summed E-state index contributed by atoms with van der Waals surface area (Å²) in [5, 5.41) is 3.84. The number of hydrogen-bond acceptors (Lipinski definition) is 5. The van der Waals surface area contributed by atoms with E-state index < -0.39 is 5.82 Å². The fourth-order valence-electron chi connectivity index (χ4n) is 4.62. The Kier molecular flexibility index (Phi) is 6.16. The zero-order valence-electron chi connectivity index (χ0n) is 17.5. The number of ether oxygens (including phenoxy) is 1. The van der Waals surface area contributed by atoms with Gasteiger partial charge >= 0.3 is 0 Å². The van der Waals surface area contributed by atoms with E-state index in [1.165, 1.54) is 32.6 Å². The molecule has 7 heteroatoms. The van der Waals surface area contributed by atoms with Crippen molar-refractivity contribution in [1.29, 1.82) is 0 Å². The number of ketones is 1. The van der Waals surface area contributed by atoms with Gasteiger partial charge in [-0.3, -0.25) is 4.79 Å². The minimum absolute atomic E-state index is 0.0145. The van der Waals surface area contributed by atoms with Crippen molar-refractivity contribution in [3.8, 4) is 5.75 Å². The van der Waals surface area contributed by atoms with Crippen molar-refractivity contribution in [3.05, 3.63) is 41.3 Å². The molecule has 0 spiro atoms. The van der Waals surface area contributed by atoms with Crippen molar-refractivity contribution >= 4 is 16.8 Å². The van der Waals surface area contributed by atoms with E-state index in [1.807, 2.05) is 0 Å². The van der Waals surface area contributed by atoms with Gasteiger partial charge in [0.2, 0.25) is 0 Å².